The molecule has 0 radical (unpaired) electrons. The minimum atomic E-state index is -0.877. The predicted molar refractivity (Wildman–Crippen MR) is 392 cm³/mol. The Morgan fingerprint density at radius 2 is 0.272 bits per heavy atom. The zero-order chi connectivity index (χ0) is 63.1. The molecule has 12 aromatic carbocycles. The predicted octanol–water partition coefficient (Wildman–Crippen LogP) is 13.1. The molecule has 0 aliphatic heterocycles. The second kappa shape index (κ2) is 43.1. The SMILES string of the molecule is N#CC(=C=[N-])C#N.N#CC(=C=[N-])C#N.[Cu+].[Cu+].c1ccc([PH+](c2ccccc2)c2ccccc2)cc1.c1ccc([PH+](c2ccccc2)c2ccccc2)cc1.c1ccc([PH+](c2ccccc2)c2ccccc2)cc1.c1ccc([PH+](c2ccccc2)c2ccccc2)cc1. The Labute approximate surface area is 568 Å². The fourth-order valence-electron chi connectivity index (χ4n) is 9.41. The summed E-state index contributed by atoms with van der Waals surface area (Å²) < 4.78 is 0. The van der Waals surface area contributed by atoms with E-state index in [1.165, 1.54) is 99.7 Å². The third-order valence-electron chi connectivity index (χ3n) is 13.4. The Balaban J connectivity index is 0.000000207. The fraction of sp³-hybridized carbons (Fsp3) is 0. The van der Waals surface area contributed by atoms with Crippen LogP contribution in [-0.4, -0.2) is 11.7 Å². The first-order valence-corrected chi connectivity index (χ1v) is 34.8. The molecule has 0 bridgehead atoms. The quantitative estimate of drug-likeness (QED) is 0.0520. The van der Waals surface area contributed by atoms with Gasteiger partial charge in [0.2, 0.25) is 0 Å². The largest absolute Gasteiger partial charge is 1.00 e. The van der Waals surface area contributed by atoms with E-state index in [2.05, 4.69) is 364 Å². The van der Waals surface area contributed by atoms with Crippen molar-refractivity contribution in [3.8, 4) is 24.3 Å². The van der Waals surface area contributed by atoms with Crippen LogP contribution in [0.4, 0.5) is 0 Å². The van der Waals surface area contributed by atoms with Crippen molar-refractivity contribution in [1.29, 1.82) is 21.0 Å². The smallest absolute Gasteiger partial charge is 0.762 e. The number of hydrogen-bond acceptors (Lipinski definition) is 4. The molecule has 0 aromatic heterocycles. The first-order chi connectivity index (χ1) is 44.5. The number of nitriles is 4. The van der Waals surface area contributed by atoms with Gasteiger partial charge in [-0.1, -0.05) is 218 Å². The Bertz CT molecular complexity index is 3350. The molecule has 0 saturated carbocycles. The van der Waals surface area contributed by atoms with Crippen LogP contribution in [0.3, 0.4) is 0 Å². The number of hydrogen-bond donors (Lipinski definition) is 0. The van der Waals surface area contributed by atoms with Crippen LogP contribution in [0.25, 0.3) is 10.8 Å². The van der Waals surface area contributed by atoms with E-state index in [1.54, 1.807) is 0 Å². The molecule has 0 spiro atoms. The maximum atomic E-state index is 7.79. The van der Waals surface area contributed by atoms with Gasteiger partial charge in [0.15, 0.2) is 0 Å². The Hall–Kier alpha value is -9.74. The van der Waals surface area contributed by atoms with Gasteiger partial charge in [-0.15, -0.1) is 0 Å². The summed E-state index contributed by atoms with van der Waals surface area (Å²) in [6.07, 6.45) is 0. The van der Waals surface area contributed by atoms with Crippen LogP contribution in [0, 0.1) is 45.3 Å². The van der Waals surface area contributed by atoms with Gasteiger partial charge in [0.1, 0.15) is 99.1 Å². The monoisotopic (exact) mass is 1360 g/mol. The summed E-state index contributed by atoms with van der Waals surface area (Å²) in [4.78, 5) is 0. The van der Waals surface area contributed by atoms with Crippen LogP contribution in [0.15, 0.2) is 375 Å². The first-order valence-electron chi connectivity index (χ1n) is 28.8. The molecule has 6 nitrogen and oxygen atoms in total. The van der Waals surface area contributed by atoms with Crippen LogP contribution in [0.5, 0.6) is 0 Å². The molecule has 12 aromatic rings. The van der Waals surface area contributed by atoms with E-state index in [0.29, 0.717) is 0 Å². The minimum absolute atomic E-state index is 0. The van der Waals surface area contributed by atoms with E-state index in [9.17, 15) is 0 Å². The average Bonchev–Trinajstić information content (AvgIpc) is 1.14. The molecule has 0 N–H and O–H groups in total. The first kappa shape index (κ1) is 73.0. The van der Waals surface area contributed by atoms with Crippen LogP contribution in [0.1, 0.15) is 0 Å². The third kappa shape index (κ3) is 23.6. The summed E-state index contributed by atoms with van der Waals surface area (Å²) in [5.74, 6) is 2.79. The second-order valence-corrected chi connectivity index (χ2v) is 29.2. The van der Waals surface area contributed by atoms with Crippen LogP contribution in [0.2, 0.25) is 0 Å². The van der Waals surface area contributed by atoms with Crippen molar-refractivity contribution in [2.45, 2.75) is 0 Å². The molecular weight excluding hydrogens is 1300 g/mol. The Morgan fingerprint density at radius 3 is 0.326 bits per heavy atom. The normalized spacial score (nSPS) is 9.48. The van der Waals surface area contributed by atoms with Crippen LogP contribution in [-0.2, 0) is 34.1 Å². The summed E-state index contributed by atoms with van der Waals surface area (Å²) in [7, 11) is -3.51. The summed E-state index contributed by atoms with van der Waals surface area (Å²) in [5.41, 5.74) is -0.806. The zero-order valence-corrected chi connectivity index (χ0v) is 55.8. The number of nitrogens with zero attached hydrogens (tertiary/aromatic N) is 6. The molecule has 92 heavy (non-hydrogen) atoms. The summed E-state index contributed by atoms with van der Waals surface area (Å²) >= 11 is 0. The maximum Gasteiger partial charge on any atom is 1.00 e. The summed E-state index contributed by atoms with van der Waals surface area (Å²) in [6.45, 7) is 0. The summed E-state index contributed by atoms with van der Waals surface area (Å²) in [5, 5.41) is 64.0. The molecule has 0 heterocycles. The molecule has 0 unspecified atom stereocenters. The molecule has 12 heteroatoms. The molecule has 0 aliphatic carbocycles. The number of benzene rings is 12. The molecular formula is C80H64Cu2N6P4+4. The molecule has 12 rings (SSSR count). The van der Waals surface area contributed by atoms with Crippen LogP contribution < -0.4 is 63.7 Å². The number of allylic oxidation sites excluding steroid dienone is 2. The van der Waals surface area contributed by atoms with Gasteiger partial charge in [0, 0.05) is 0 Å². The van der Waals surface area contributed by atoms with Gasteiger partial charge in [-0.05, 0) is 146 Å². The molecule has 452 valence electrons. The van der Waals surface area contributed by atoms with E-state index in [-0.39, 0.29) is 34.1 Å². The van der Waals surface area contributed by atoms with Crippen molar-refractivity contribution in [2.75, 3.05) is 0 Å². The maximum absolute atomic E-state index is 7.79. The van der Waals surface area contributed by atoms with Crippen molar-refractivity contribution in [3.63, 3.8) is 0 Å². The van der Waals surface area contributed by atoms with E-state index >= 15 is 0 Å². The molecule has 0 fully saturated rings. The molecule has 0 atom stereocenters. The van der Waals surface area contributed by atoms with Gasteiger partial charge in [-0.3, -0.25) is 0 Å². The molecule has 0 aliphatic rings. The van der Waals surface area contributed by atoms with Crippen molar-refractivity contribution < 1.29 is 34.1 Å². The van der Waals surface area contributed by atoms with Gasteiger partial charge in [0.05, 0.1) is 31.7 Å². The minimum Gasteiger partial charge on any atom is -0.762 e. The third-order valence-corrected chi connectivity index (χ3v) is 24.3. The molecule has 0 saturated heterocycles. The van der Waals surface area contributed by atoms with Gasteiger partial charge in [0.25, 0.3) is 0 Å². The fourth-order valence-corrected chi connectivity index (χ4v) is 19.7. The average molecular weight is 1360 g/mol. The number of rotatable bonds is 12. The molecule has 0 amide bonds. The van der Waals surface area contributed by atoms with Crippen molar-refractivity contribution >= 4 is 107 Å². The van der Waals surface area contributed by atoms with Crippen molar-refractivity contribution in [2.24, 2.45) is 0 Å². The van der Waals surface area contributed by atoms with Gasteiger partial charge in [-0.25, -0.2) is 11.7 Å². The second-order valence-electron chi connectivity index (χ2n) is 19.3. The van der Waals surface area contributed by atoms with E-state index in [4.69, 9.17) is 31.9 Å². The van der Waals surface area contributed by atoms with E-state index < -0.39 is 42.8 Å². The van der Waals surface area contributed by atoms with E-state index in [0.717, 1.165) is 0 Å². The Kier molecular flexibility index (Phi) is 34.2. The van der Waals surface area contributed by atoms with Crippen molar-refractivity contribution in [3.05, 3.63) is 386 Å². The zero-order valence-electron chi connectivity index (χ0n) is 49.9. The van der Waals surface area contributed by atoms with Crippen molar-refractivity contribution in [1.82, 2.24) is 0 Å². The van der Waals surface area contributed by atoms with Gasteiger partial charge >= 0.3 is 34.1 Å². The van der Waals surface area contributed by atoms with E-state index in [1.807, 2.05) is 0 Å². The topological polar surface area (TPSA) is 140 Å². The van der Waals surface area contributed by atoms with Crippen LogP contribution >= 0.6 is 31.7 Å². The Morgan fingerprint density at radius 1 is 0.185 bits per heavy atom. The van der Waals surface area contributed by atoms with Gasteiger partial charge < -0.3 is 10.8 Å². The standard InChI is InChI=1S/4C18H15P.2C4N3.2Cu/c4*1-4-10-16(11-5-1)19(17-12-6-2-7-13-17)18-14-8-3-9-15-18;2*5-1-4(2-6)3-7;;/h4*1-15H;;;;/q;;;;2*-1;2*+1/p+4. The van der Waals surface area contributed by atoms with Gasteiger partial charge in [-0.2, -0.15) is 21.0 Å². The summed E-state index contributed by atoms with van der Waals surface area (Å²) in [6, 6.07) is 136.